The molecule has 1 N–H and O–H groups in total. The van der Waals surface area contributed by atoms with Gasteiger partial charge in [-0.3, -0.25) is 19.8 Å². The zero-order valence-electron chi connectivity index (χ0n) is 22.5. The number of H-pyrrole nitrogens is 1. The molecule has 1 atom stereocenters. The number of hydrogen-bond acceptors (Lipinski definition) is 9. The summed E-state index contributed by atoms with van der Waals surface area (Å²) in [4.78, 5) is 31.6. The second-order valence-electron chi connectivity index (χ2n) is 10.3. The van der Waals surface area contributed by atoms with Crippen LogP contribution in [0.3, 0.4) is 0 Å². The van der Waals surface area contributed by atoms with Crippen molar-refractivity contribution >= 4 is 22.3 Å². The third-order valence-corrected chi connectivity index (χ3v) is 7.66. The van der Waals surface area contributed by atoms with E-state index in [0.29, 0.717) is 43.3 Å². The van der Waals surface area contributed by atoms with Gasteiger partial charge in [-0.25, -0.2) is 4.68 Å². The topological polar surface area (TPSA) is 135 Å². The van der Waals surface area contributed by atoms with Crippen LogP contribution in [0, 0.1) is 10.1 Å². The van der Waals surface area contributed by atoms with Crippen LogP contribution in [0.2, 0.25) is 0 Å². The largest absolute Gasteiger partial charge is 0.497 e. The van der Waals surface area contributed by atoms with Crippen LogP contribution in [0.25, 0.3) is 10.9 Å². The number of non-ortho nitro benzene ring substituents is 1. The number of ether oxygens (including phenoxy) is 1. The van der Waals surface area contributed by atoms with E-state index in [4.69, 9.17) is 4.74 Å². The first-order valence-electron chi connectivity index (χ1n) is 12.9. The summed E-state index contributed by atoms with van der Waals surface area (Å²) in [7, 11) is 1.61. The zero-order valence-corrected chi connectivity index (χ0v) is 22.5. The Morgan fingerprint density at radius 2 is 1.82 bits per heavy atom. The summed E-state index contributed by atoms with van der Waals surface area (Å²) in [5.41, 5.74) is 1.71. The van der Waals surface area contributed by atoms with Gasteiger partial charge in [-0.2, -0.15) is 0 Å². The van der Waals surface area contributed by atoms with E-state index in [9.17, 15) is 14.9 Å². The number of nitro groups is 1. The molecule has 12 heteroatoms. The molecular weight excluding hydrogens is 500 g/mol. The minimum Gasteiger partial charge on any atom is -0.497 e. The normalized spacial score (nSPS) is 15.4. The molecule has 12 nitrogen and oxygen atoms in total. The van der Waals surface area contributed by atoms with Crippen LogP contribution >= 0.6 is 0 Å². The van der Waals surface area contributed by atoms with Gasteiger partial charge < -0.3 is 14.6 Å². The van der Waals surface area contributed by atoms with Crippen molar-refractivity contribution in [1.82, 2.24) is 30.1 Å². The fourth-order valence-electron chi connectivity index (χ4n) is 5.00. The van der Waals surface area contributed by atoms with E-state index in [2.05, 4.69) is 51.1 Å². The number of fused-ring (bicyclic) bond motifs is 1. The van der Waals surface area contributed by atoms with Crippen molar-refractivity contribution in [1.29, 1.82) is 0 Å². The monoisotopic (exact) mass is 532 g/mol. The maximum atomic E-state index is 13.5. The number of hydrogen-bond donors (Lipinski definition) is 1. The van der Waals surface area contributed by atoms with Gasteiger partial charge >= 0.3 is 0 Å². The van der Waals surface area contributed by atoms with Crippen molar-refractivity contribution in [2.75, 3.05) is 38.2 Å². The van der Waals surface area contributed by atoms with E-state index in [1.807, 2.05) is 28.9 Å². The van der Waals surface area contributed by atoms with Crippen LogP contribution in [0.1, 0.15) is 44.6 Å². The third kappa shape index (κ3) is 5.07. The number of nitrogens with zero attached hydrogens (tertiary/aromatic N) is 7. The Balaban J connectivity index is 1.53. The number of nitro benzene ring substituents is 1. The molecule has 0 amide bonds. The first-order chi connectivity index (χ1) is 18.7. The molecule has 2 aromatic carbocycles. The van der Waals surface area contributed by atoms with Crippen molar-refractivity contribution in [2.45, 2.75) is 38.8 Å². The van der Waals surface area contributed by atoms with Crippen molar-refractivity contribution < 1.29 is 9.66 Å². The van der Waals surface area contributed by atoms with Crippen molar-refractivity contribution in [2.24, 2.45) is 0 Å². The minimum absolute atomic E-state index is 0.0648. The number of benzene rings is 2. The molecule has 204 valence electrons. The van der Waals surface area contributed by atoms with E-state index in [1.165, 1.54) is 12.1 Å². The molecule has 0 aliphatic carbocycles. The van der Waals surface area contributed by atoms with Gasteiger partial charge in [0.15, 0.2) is 5.82 Å². The average Bonchev–Trinajstić information content (AvgIpc) is 3.44. The first kappa shape index (κ1) is 26.3. The molecular formula is C27H32N8O4. The Morgan fingerprint density at radius 1 is 1.10 bits per heavy atom. The van der Waals surface area contributed by atoms with Crippen LogP contribution in [0.15, 0.2) is 53.3 Å². The minimum atomic E-state index is -0.482. The quantitative estimate of drug-likeness (QED) is 0.267. The maximum absolute atomic E-state index is 13.5. The summed E-state index contributed by atoms with van der Waals surface area (Å²) < 4.78 is 7.24. The molecule has 1 aliphatic heterocycles. The molecule has 1 aliphatic rings. The lowest BCUT2D eigenvalue weighted by atomic mass is 9.98. The standard InChI is InChI=1S/C27H32N8O4/c1-5-27(2,3)34-25(29-30-31-34)24(22-17-18-16-21(39-4)10-11-23(18)28-26(22)36)33-14-12-32(13-15-33)19-6-8-20(9-7-19)35(37)38/h6-11,16-17,24H,5,12-15H2,1-4H3,(H,28,36)/t24-/m0/s1. The summed E-state index contributed by atoms with van der Waals surface area (Å²) in [5.74, 6) is 1.31. The van der Waals surface area contributed by atoms with Crippen LogP contribution in [0.4, 0.5) is 11.4 Å². The first-order valence-corrected chi connectivity index (χ1v) is 12.9. The van der Waals surface area contributed by atoms with E-state index in [-0.39, 0.29) is 16.8 Å². The van der Waals surface area contributed by atoms with Gasteiger partial charge in [0.2, 0.25) is 0 Å². The molecule has 39 heavy (non-hydrogen) atoms. The number of pyridine rings is 1. The molecule has 4 aromatic rings. The number of tetrazole rings is 1. The Kier molecular flexibility index (Phi) is 7.04. The molecule has 1 saturated heterocycles. The van der Waals surface area contributed by atoms with Crippen LogP contribution in [-0.4, -0.2) is 68.3 Å². The lowest BCUT2D eigenvalue weighted by molar-refractivity contribution is -0.384. The SMILES string of the molecule is CCC(C)(C)n1nnnc1[C@H](c1cc2cc(OC)ccc2[nH]c1=O)N1CCN(c2ccc([N+](=O)[O-])cc2)CC1. The van der Waals surface area contributed by atoms with Crippen LogP contribution in [-0.2, 0) is 5.54 Å². The molecule has 0 spiro atoms. The highest BCUT2D eigenvalue weighted by atomic mass is 16.6. The Hall–Kier alpha value is -4.32. The van der Waals surface area contributed by atoms with Crippen LogP contribution < -0.4 is 15.2 Å². The van der Waals surface area contributed by atoms with Gasteiger partial charge in [-0.15, -0.1) is 5.10 Å². The molecule has 5 rings (SSSR count). The predicted octanol–water partition coefficient (Wildman–Crippen LogP) is 3.49. The smallest absolute Gasteiger partial charge is 0.269 e. The molecule has 3 heterocycles. The Morgan fingerprint density at radius 3 is 2.46 bits per heavy atom. The number of aromatic amines is 1. The highest BCUT2D eigenvalue weighted by Crippen LogP contribution is 2.32. The highest BCUT2D eigenvalue weighted by molar-refractivity contribution is 5.80. The second-order valence-corrected chi connectivity index (χ2v) is 10.3. The molecule has 2 aromatic heterocycles. The molecule has 0 saturated carbocycles. The van der Waals surface area contributed by atoms with E-state index in [0.717, 1.165) is 23.0 Å². The zero-order chi connectivity index (χ0) is 27.7. The summed E-state index contributed by atoms with van der Waals surface area (Å²) in [6.07, 6.45) is 0.803. The van der Waals surface area contributed by atoms with Gasteiger partial charge in [-0.05, 0) is 67.1 Å². The van der Waals surface area contributed by atoms with Crippen molar-refractivity contribution in [3.8, 4) is 5.75 Å². The molecule has 1 fully saturated rings. The third-order valence-electron chi connectivity index (χ3n) is 7.66. The highest BCUT2D eigenvalue weighted by Gasteiger charge is 2.35. The van der Waals surface area contributed by atoms with Crippen molar-refractivity contribution in [3.05, 3.63) is 80.4 Å². The predicted molar refractivity (Wildman–Crippen MR) is 147 cm³/mol. The lowest BCUT2D eigenvalue weighted by Gasteiger charge is -2.40. The number of piperazine rings is 1. The van der Waals surface area contributed by atoms with Crippen LogP contribution in [0.5, 0.6) is 5.75 Å². The molecule has 0 bridgehead atoms. The summed E-state index contributed by atoms with van der Waals surface area (Å²) >= 11 is 0. The molecule has 0 unspecified atom stereocenters. The van der Waals surface area contributed by atoms with Gasteiger partial charge in [0.05, 0.1) is 17.6 Å². The van der Waals surface area contributed by atoms with Gasteiger partial charge in [0.1, 0.15) is 11.8 Å². The fourth-order valence-corrected chi connectivity index (χ4v) is 5.00. The Bertz CT molecular complexity index is 1540. The number of rotatable bonds is 8. The number of anilines is 1. The van der Waals surface area contributed by atoms with E-state index in [1.54, 1.807) is 19.2 Å². The number of nitrogens with one attached hydrogen (secondary N) is 1. The second kappa shape index (κ2) is 10.4. The van der Waals surface area contributed by atoms with Gasteiger partial charge in [0, 0.05) is 60.5 Å². The van der Waals surface area contributed by atoms with Gasteiger partial charge in [-0.1, -0.05) is 6.92 Å². The number of methoxy groups -OCH3 is 1. The fraction of sp³-hybridized carbons (Fsp3) is 0.407. The molecule has 0 radical (unpaired) electrons. The summed E-state index contributed by atoms with van der Waals surface area (Å²) in [5, 5.41) is 24.7. The van der Waals surface area contributed by atoms with E-state index >= 15 is 0 Å². The van der Waals surface area contributed by atoms with Crippen molar-refractivity contribution in [3.63, 3.8) is 0 Å². The maximum Gasteiger partial charge on any atom is 0.269 e. The summed E-state index contributed by atoms with van der Waals surface area (Å²) in [6, 6.07) is 13.6. The Labute approximate surface area is 225 Å². The summed E-state index contributed by atoms with van der Waals surface area (Å²) in [6.45, 7) is 8.85. The lowest BCUT2D eigenvalue weighted by Crippen LogP contribution is -2.49. The van der Waals surface area contributed by atoms with E-state index < -0.39 is 11.0 Å². The van der Waals surface area contributed by atoms with Gasteiger partial charge in [0.25, 0.3) is 11.2 Å². The number of aromatic nitrogens is 5. The average molecular weight is 533 g/mol.